The summed E-state index contributed by atoms with van der Waals surface area (Å²) in [5.41, 5.74) is 1.48. The fourth-order valence-electron chi connectivity index (χ4n) is 1.33. The first-order valence-corrected chi connectivity index (χ1v) is 6.52. The standard InChI is InChI=1S/C11H11BrN2OS/c1-7-4-14-10(5-13-7)11(15)3-9-2-8(12)6-16-9/h2,4-6,11,15H,3H2,1H3. The number of nitrogens with zero attached hydrogens (tertiary/aromatic N) is 2. The van der Waals surface area contributed by atoms with Gasteiger partial charge in [0.25, 0.3) is 0 Å². The van der Waals surface area contributed by atoms with Crippen LogP contribution in [-0.4, -0.2) is 15.1 Å². The summed E-state index contributed by atoms with van der Waals surface area (Å²) in [6.07, 6.45) is 3.29. The second-order valence-electron chi connectivity index (χ2n) is 3.53. The topological polar surface area (TPSA) is 46.0 Å². The van der Waals surface area contributed by atoms with Crippen molar-refractivity contribution in [2.45, 2.75) is 19.4 Å². The van der Waals surface area contributed by atoms with E-state index in [9.17, 15) is 5.11 Å². The van der Waals surface area contributed by atoms with Gasteiger partial charge in [-0.05, 0) is 28.9 Å². The van der Waals surface area contributed by atoms with E-state index in [-0.39, 0.29) is 0 Å². The molecule has 84 valence electrons. The Kier molecular flexibility index (Phi) is 3.68. The summed E-state index contributed by atoms with van der Waals surface area (Å²) in [7, 11) is 0. The van der Waals surface area contributed by atoms with Crippen LogP contribution in [0, 0.1) is 6.92 Å². The van der Waals surface area contributed by atoms with E-state index in [1.807, 2.05) is 18.4 Å². The van der Waals surface area contributed by atoms with Crippen molar-refractivity contribution in [3.63, 3.8) is 0 Å². The lowest BCUT2D eigenvalue weighted by Crippen LogP contribution is -2.04. The molecule has 0 radical (unpaired) electrons. The summed E-state index contributed by atoms with van der Waals surface area (Å²) >= 11 is 5.01. The van der Waals surface area contributed by atoms with E-state index in [2.05, 4.69) is 25.9 Å². The molecule has 0 aliphatic rings. The molecule has 0 aliphatic heterocycles. The van der Waals surface area contributed by atoms with Crippen molar-refractivity contribution in [3.05, 3.63) is 44.6 Å². The van der Waals surface area contributed by atoms with Gasteiger partial charge in [-0.25, -0.2) is 0 Å². The molecular formula is C11H11BrN2OS. The van der Waals surface area contributed by atoms with Gasteiger partial charge in [-0.2, -0.15) is 0 Å². The average Bonchev–Trinajstić information content (AvgIpc) is 2.65. The molecule has 2 heterocycles. The highest BCUT2D eigenvalue weighted by Gasteiger charge is 2.11. The fourth-order valence-corrected chi connectivity index (χ4v) is 2.82. The molecule has 1 unspecified atom stereocenters. The highest BCUT2D eigenvalue weighted by molar-refractivity contribution is 9.10. The van der Waals surface area contributed by atoms with Crippen molar-refractivity contribution in [1.82, 2.24) is 9.97 Å². The van der Waals surface area contributed by atoms with Gasteiger partial charge in [0.15, 0.2) is 0 Å². The lowest BCUT2D eigenvalue weighted by molar-refractivity contribution is 0.174. The number of aryl methyl sites for hydroxylation is 1. The van der Waals surface area contributed by atoms with Crippen molar-refractivity contribution >= 4 is 27.3 Å². The summed E-state index contributed by atoms with van der Waals surface area (Å²) in [5, 5.41) is 12.0. The molecule has 0 bridgehead atoms. The Bertz CT molecular complexity index is 469. The van der Waals surface area contributed by atoms with Crippen LogP contribution in [0.2, 0.25) is 0 Å². The normalized spacial score (nSPS) is 12.7. The third-order valence-corrected chi connectivity index (χ3v) is 3.88. The second-order valence-corrected chi connectivity index (χ2v) is 5.45. The molecule has 1 atom stereocenters. The van der Waals surface area contributed by atoms with E-state index >= 15 is 0 Å². The third kappa shape index (κ3) is 2.87. The lowest BCUT2D eigenvalue weighted by atomic mass is 10.1. The highest BCUT2D eigenvalue weighted by atomic mass is 79.9. The van der Waals surface area contributed by atoms with Gasteiger partial charge in [-0.3, -0.25) is 9.97 Å². The second kappa shape index (κ2) is 5.03. The Hall–Kier alpha value is -0.780. The molecule has 5 heteroatoms. The minimum atomic E-state index is -0.585. The van der Waals surface area contributed by atoms with Gasteiger partial charge in [0.1, 0.15) is 6.10 Å². The van der Waals surface area contributed by atoms with Gasteiger partial charge in [0, 0.05) is 27.3 Å². The van der Waals surface area contributed by atoms with Crippen LogP contribution in [0.15, 0.2) is 28.3 Å². The molecule has 0 spiro atoms. The Morgan fingerprint density at radius 2 is 2.25 bits per heavy atom. The van der Waals surface area contributed by atoms with Crippen LogP contribution in [0.4, 0.5) is 0 Å². The molecule has 0 aliphatic carbocycles. The number of halogens is 1. The molecule has 16 heavy (non-hydrogen) atoms. The smallest absolute Gasteiger partial charge is 0.102 e. The van der Waals surface area contributed by atoms with Crippen molar-refractivity contribution < 1.29 is 5.11 Å². The minimum absolute atomic E-state index is 0.577. The highest BCUT2D eigenvalue weighted by Crippen LogP contribution is 2.24. The van der Waals surface area contributed by atoms with E-state index in [4.69, 9.17) is 0 Å². The van der Waals surface area contributed by atoms with Crippen LogP contribution in [-0.2, 0) is 6.42 Å². The number of rotatable bonds is 3. The van der Waals surface area contributed by atoms with E-state index < -0.39 is 6.10 Å². The maximum Gasteiger partial charge on any atom is 0.102 e. The number of aromatic nitrogens is 2. The molecule has 0 saturated heterocycles. The van der Waals surface area contributed by atoms with Gasteiger partial charge < -0.3 is 5.11 Å². The Labute approximate surface area is 106 Å². The zero-order valence-corrected chi connectivity index (χ0v) is 11.1. The summed E-state index contributed by atoms with van der Waals surface area (Å²) < 4.78 is 1.05. The van der Waals surface area contributed by atoms with E-state index in [1.54, 1.807) is 23.7 Å². The Morgan fingerprint density at radius 1 is 1.44 bits per heavy atom. The maximum atomic E-state index is 9.96. The van der Waals surface area contributed by atoms with Crippen LogP contribution in [0.1, 0.15) is 22.4 Å². The van der Waals surface area contributed by atoms with Gasteiger partial charge in [-0.1, -0.05) is 0 Å². The SMILES string of the molecule is Cc1cnc(C(O)Cc2cc(Br)cs2)cn1. The summed E-state index contributed by atoms with van der Waals surface area (Å²) in [4.78, 5) is 9.41. The summed E-state index contributed by atoms with van der Waals surface area (Å²) in [6.45, 7) is 1.87. The van der Waals surface area contributed by atoms with Crippen LogP contribution in [0.5, 0.6) is 0 Å². The van der Waals surface area contributed by atoms with E-state index in [0.717, 1.165) is 15.0 Å². The molecule has 0 aromatic carbocycles. The molecule has 2 aromatic heterocycles. The van der Waals surface area contributed by atoms with Gasteiger partial charge in [0.05, 0.1) is 17.6 Å². The molecule has 2 aromatic rings. The minimum Gasteiger partial charge on any atom is -0.386 e. The quantitative estimate of drug-likeness (QED) is 0.948. The first-order chi connectivity index (χ1) is 7.65. The fraction of sp³-hybridized carbons (Fsp3) is 0.273. The average molecular weight is 299 g/mol. The molecule has 3 nitrogen and oxygen atoms in total. The number of aliphatic hydroxyl groups is 1. The van der Waals surface area contributed by atoms with Crippen LogP contribution < -0.4 is 0 Å². The Morgan fingerprint density at radius 3 is 2.81 bits per heavy atom. The zero-order chi connectivity index (χ0) is 11.5. The number of thiophene rings is 1. The van der Waals surface area contributed by atoms with Gasteiger partial charge in [-0.15, -0.1) is 11.3 Å². The van der Waals surface area contributed by atoms with Crippen molar-refractivity contribution in [2.24, 2.45) is 0 Å². The molecule has 1 N–H and O–H groups in total. The number of aliphatic hydroxyl groups excluding tert-OH is 1. The van der Waals surface area contributed by atoms with Crippen molar-refractivity contribution in [2.75, 3.05) is 0 Å². The number of hydrogen-bond donors (Lipinski definition) is 1. The van der Waals surface area contributed by atoms with Crippen LogP contribution in [0.3, 0.4) is 0 Å². The third-order valence-electron chi connectivity index (χ3n) is 2.16. The van der Waals surface area contributed by atoms with Crippen molar-refractivity contribution in [1.29, 1.82) is 0 Å². The van der Waals surface area contributed by atoms with Crippen LogP contribution in [0.25, 0.3) is 0 Å². The molecule has 2 rings (SSSR count). The van der Waals surface area contributed by atoms with Crippen molar-refractivity contribution in [3.8, 4) is 0 Å². The van der Waals surface area contributed by atoms with E-state index in [1.165, 1.54) is 0 Å². The molecule has 0 fully saturated rings. The first-order valence-electron chi connectivity index (χ1n) is 4.84. The van der Waals surface area contributed by atoms with Gasteiger partial charge >= 0.3 is 0 Å². The lowest BCUT2D eigenvalue weighted by Gasteiger charge is -2.07. The molecule has 0 saturated carbocycles. The summed E-state index contributed by atoms with van der Waals surface area (Å²) in [6, 6.07) is 2.01. The Balaban J connectivity index is 2.08. The monoisotopic (exact) mass is 298 g/mol. The number of hydrogen-bond acceptors (Lipinski definition) is 4. The predicted octanol–water partition coefficient (Wildman–Crippen LogP) is 2.89. The van der Waals surface area contributed by atoms with Gasteiger partial charge in [0.2, 0.25) is 0 Å². The summed E-state index contributed by atoms with van der Waals surface area (Å²) in [5.74, 6) is 0. The zero-order valence-electron chi connectivity index (χ0n) is 8.72. The first kappa shape index (κ1) is 11.7. The maximum absolute atomic E-state index is 9.96. The largest absolute Gasteiger partial charge is 0.386 e. The van der Waals surface area contributed by atoms with Crippen LogP contribution >= 0.6 is 27.3 Å². The molecular weight excluding hydrogens is 288 g/mol. The molecule has 0 amide bonds. The van der Waals surface area contributed by atoms with E-state index in [0.29, 0.717) is 12.1 Å². The predicted molar refractivity (Wildman–Crippen MR) is 67.5 cm³/mol.